The first-order chi connectivity index (χ1) is 8.13. The van der Waals surface area contributed by atoms with Crippen LogP contribution in [-0.2, 0) is 0 Å². The molecular formula is C14H21BrN2. The summed E-state index contributed by atoms with van der Waals surface area (Å²) in [6.45, 7) is 2.82. The van der Waals surface area contributed by atoms with E-state index in [1.54, 1.807) is 0 Å². The van der Waals surface area contributed by atoms with E-state index in [9.17, 15) is 0 Å². The third-order valence-electron chi connectivity index (χ3n) is 3.93. The summed E-state index contributed by atoms with van der Waals surface area (Å²) in [5.41, 5.74) is 8.57. The zero-order valence-corrected chi connectivity index (χ0v) is 12.2. The van der Waals surface area contributed by atoms with Crippen LogP contribution in [0, 0.1) is 6.92 Å². The van der Waals surface area contributed by atoms with Gasteiger partial charge in [0.05, 0.1) is 0 Å². The van der Waals surface area contributed by atoms with Crippen LogP contribution < -0.4 is 5.73 Å². The molecule has 17 heavy (non-hydrogen) atoms. The predicted molar refractivity (Wildman–Crippen MR) is 76.1 cm³/mol. The molecule has 1 unspecified atom stereocenters. The van der Waals surface area contributed by atoms with Crippen molar-refractivity contribution in [2.24, 2.45) is 5.73 Å². The second kappa shape index (κ2) is 5.51. The van der Waals surface area contributed by atoms with E-state index in [2.05, 4.69) is 53.0 Å². The molecule has 0 heterocycles. The number of rotatable bonds is 4. The molecule has 2 N–H and O–H groups in total. The van der Waals surface area contributed by atoms with Crippen molar-refractivity contribution in [1.82, 2.24) is 4.90 Å². The molecular weight excluding hydrogens is 276 g/mol. The molecule has 0 aromatic heterocycles. The van der Waals surface area contributed by atoms with Crippen molar-refractivity contribution in [2.75, 3.05) is 13.6 Å². The summed E-state index contributed by atoms with van der Waals surface area (Å²) in [7, 11) is 2.21. The molecule has 0 saturated heterocycles. The van der Waals surface area contributed by atoms with Crippen molar-refractivity contribution in [1.29, 1.82) is 0 Å². The maximum Gasteiger partial charge on any atom is 0.0470 e. The number of nitrogens with zero attached hydrogens (tertiary/aromatic N) is 1. The summed E-state index contributed by atoms with van der Waals surface area (Å²) in [5, 5.41) is 0. The summed E-state index contributed by atoms with van der Waals surface area (Å²) in [6, 6.07) is 7.64. The van der Waals surface area contributed by atoms with Crippen LogP contribution in [0.4, 0.5) is 0 Å². The van der Waals surface area contributed by atoms with Gasteiger partial charge in [-0.2, -0.15) is 0 Å². The zero-order valence-electron chi connectivity index (χ0n) is 10.6. The highest BCUT2D eigenvalue weighted by atomic mass is 79.9. The Morgan fingerprint density at radius 3 is 2.65 bits per heavy atom. The Bertz CT molecular complexity index is 388. The van der Waals surface area contributed by atoms with Crippen LogP contribution in [0.1, 0.15) is 36.4 Å². The first-order valence-corrected chi connectivity index (χ1v) is 7.11. The average molecular weight is 297 g/mol. The molecule has 0 radical (unpaired) electrons. The highest BCUT2D eigenvalue weighted by Crippen LogP contribution is 2.31. The van der Waals surface area contributed by atoms with E-state index in [4.69, 9.17) is 5.73 Å². The largest absolute Gasteiger partial charge is 0.329 e. The molecule has 1 aromatic rings. The minimum Gasteiger partial charge on any atom is -0.329 e. The highest BCUT2D eigenvalue weighted by Gasteiger charge is 2.27. The Morgan fingerprint density at radius 2 is 2.18 bits per heavy atom. The molecule has 1 fully saturated rings. The summed E-state index contributed by atoms with van der Waals surface area (Å²) < 4.78 is 1.17. The van der Waals surface area contributed by atoms with Gasteiger partial charge in [0.1, 0.15) is 0 Å². The molecule has 1 atom stereocenters. The van der Waals surface area contributed by atoms with E-state index in [1.807, 2.05) is 0 Å². The summed E-state index contributed by atoms with van der Waals surface area (Å²) in [5.74, 6) is 0. The van der Waals surface area contributed by atoms with E-state index >= 15 is 0 Å². The van der Waals surface area contributed by atoms with Crippen LogP contribution in [0.15, 0.2) is 22.7 Å². The molecule has 2 rings (SSSR count). The molecule has 1 aromatic carbocycles. The summed E-state index contributed by atoms with van der Waals surface area (Å²) in [6.07, 6.45) is 4.01. The van der Waals surface area contributed by atoms with E-state index in [1.165, 1.54) is 34.9 Å². The smallest absolute Gasteiger partial charge is 0.0470 e. The van der Waals surface area contributed by atoms with E-state index < -0.39 is 0 Å². The lowest BCUT2D eigenvalue weighted by Crippen LogP contribution is -2.42. The van der Waals surface area contributed by atoms with Gasteiger partial charge in [-0.15, -0.1) is 0 Å². The quantitative estimate of drug-likeness (QED) is 0.924. The molecule has 1 saturated carbocycles. The third-order valence-corrected chi connectivity index (χ3v) is 4.82. The van der Waals surface area contributed by atoms with Crippen LogP contribution in [-0.4, -0.2) is 24.5 Å². The molecule has 0 aliphatic heterocycles. The Hall–Kier alpha value is -0.380. The van der Waals surface area contributed by atoms with Crippen LogP contribution in [0.2, 0.25) is 0 Å². The van der Waals surface area contributed by atoms with Crippen molar-refractivity contribution in [3.05, 3.63) is 33.8 Å². The molecule has 1 aliphatic rings. The monoisotopic (exact) mass is 296 g/mol. The third kappa shape index (κ3) is 2.72. The van der Waals surface area contributed by atoms with E-state index in [-0.39, 0.29) is 0 Å². The van der Waals surface area contributed by atoms with Gasteiger partial charge in [-0.25, -0.2) is 0 Å². The van der Waals surface area contributed by atoms with Crippen molar-refractivity contribution in [3.8, 4) is 0 Å². The van der Waals surface area contributed by atoms with Gasteiger partial charge >= 0.3 is 0 Å². The topological polar surface area (TPSA) is 29.3 Å². The van der Waals surface area contributed by atoms with Crippen molar-refractivity contribution < 1.29 is 0 Å². The van der Waals surface area contributed by atoms with Crippen molar-refractivity contribution in [2.45, 2.75) is 38.3 Å². The van der Waals surface area contributed by atoms with Crippen LogP contribution >= 0.6 is 15.9 Å². The molecule has 0 amide bonds. The van der Waals surface area contributed by atoms with Crippen LogP contribution in [0.3, 0.4) is 0 Å². The zero-order chi connectivity index (χ0) is 12.4. The Balaban J connectivity index is 2.18. The van der Waals surface area contributed by atoms with Gasteiger partial charge in [-0.3, -0.25) is 4.90 Å². The van der Waals surface area contributed by atoms with Crippen molar-refractivity contribution in [3.63, 3.8) is 0 Å². The minimum absolute atomic E-state index is 0.354. The number of nitrogens with two attached hydrogens (primary N) is 1. The summed E-state index contributed by atoms with van der Waals surface area (Å²) >= 11 is 3.55. The Morgan fingerprint density at radius 1 is 1.47 bits per heavy atom. The van der Waals surface area contributed by atoms with Crippen molar-refractivity contribution >= 4 is 15.9 Å². The Labute approximate surface area is 112 Å². The average Bonchev–Trinajstić information content (AvgIpc) is 2.22. The minimum atomic E-state index is 0.354. The van der Waals surface area contributed by atoms with Gasteiger partial charge in [0.2, 0.25) is 0 Å². The first kappa shape index (κ1) is 13.1. The fraction of sp³-hybridized carbons (Fsp3) is 0.571. The molecule has 1 aliphatic carbocycles. The van der Waals surface area contributed by atoms with Gasteiger partial charge in [-0.05, 0) is 44.0 Å². The predicted octanol–water partition coefficient (Wildman–Crippen LogP) is 3.24. The summed E-state index contributed by atoms with van der Waals surface area (Å²) in [4.78, 5) is 2.45. The van der Waals surface area contributed by atoms with E-state index in [0.29, 0.717) is 12.6 Å². The number of hydrogen-bond acceptors (Lipinski definition) is 2. The number of halogens is 1. The fourth-order valence-corrected chi connectivity index (χ4v) is 2.71. The highest BCUT2D eigenvalue weighted by molar-refractivity contribution is 9.10. The lowest BCUT2D eigenvalue weighted by molar-refractivity contribution is 0.113. The molecule has 0 bridgehead atoms. The lowest BCUT2D eigenvalue weighted by Gasteiger charge is -2.40. The fourth-order valence-electron chi connectivity index (χ4n) is 2.46. The number of hydrogen-bond donors (Lipinski definition) is 1. The normalized spacial score (nSPS) is 18.2. The first-order valence-electron chi connectivity index (χ1n) is 6.31. The molecule has 3 heteroatoms. The van der Waals surface area contributed by atoms with E-state index in [0.717, 1.165) is 6.04 Å². The second-order valence-electron chi connectivity index (χ2n) is 5.01. The van der Waals surface area contributed by atoms with Gasteiger partial charge < -0.3 is 5.73 Å². The van der Waals surface area contributed by atoms with Crippen LogP contribution in [0.5, 0.6) is 0 Å². The number of likely N-dealkylation sites (N-methyl/N-ethyl adjacent to an activating group) is 1. The molecule has 94 valence electrons. The van der Waals surface area contributed by atoms with Gasteiger partial charge in [-0.1, -0.05) is 34.5 Å². The molecule has 2 nitrogen and oxygen atoms in total. The standard InChI is InChI=1S/C14H21BrN2/c1-10-8-11(6-7-13(10)15)14(9-16)17(2)12-4-3-5-12/h6-8,12,14H,3-5,9,16H2,1-2H3. The SMILES string of the molecule is Cc1cc(C(CN)N(C)C2CCC2)ccc1Br. The van der Waals surface area contributed by atoms with Gasteiger partial charge in [0.25, 0.3) is 0 Å². The second-order valence-corrected chi connectivity index (χ2v) is 5.86. The molecule has 0 spiro atoms. The van der Waals surface area contributed by atoms with Gasteiger partial charge in [0, 0.05) is 23.1 Å². The maximum atomic E-state index is 5.96. The van der Waals surface area contributed by atoms with Crippen LogP contribution in [0.25, 0.3) is 0 Å². The number of benzene rings is 1. The van der Waals surface area contributed by atoms with Gasteiger partial charge in [0.15, 0.2) is 0 Å². The lowest BCUT2D eigenvalue weighted by atomic mass is 9.89. The number of aryl methyl sites for hydroxylation is 1. The maximum absolute atomic E-state index is 5.96. The Kier molecular flexibility index (Phi) is 4.23.